The van der Waals surface area contributed by atoms with Gasteiger partial charge in [0.25, 0.3) is 0 Å². The molecule has 33 heavy (non-hydrogen) atoms. The van der Waals surface area contributed by atoms with E-state index >= 15 is 0 Å². The van der Waals surface area contributed by atoms with Gasteiger partial charge in [0.05, 0.1) is 12.4 Å². The number of benzene rings is 1. The molecule has 178 valence electrons. The van der Waals surface area contributed by atoms with Crippen molar-refractivity contribution in [3.05, 3.63) is 58.8 Å². The highest BCUT2D eigenvalue weighted by Crippen LogP contribution is 2.40. The van der Waals surface area contributed by atoms with Crippen molar-refractivity contribution in [1.29, 1.82) is 0 Å². The summed E-state index contributed by atoms with van der Waals surface area (Å²) in [5, 5.41) is 17.1. The minimum atomic E-state index is -0.528. The first-order valence-corrected chi connectivity index (χ1v) is 12.0. The van der Waals surface area contributed by atoms with Crippen molar-refractivity contribution < 1.29 is 9.84 Å². The maximum absolute atomic E-state index is 10.6. The van der Waals surface area contributed by atoms with Gasteiger partial charge in [0.2, 0.25) is 0 Å². The van der Waals surface area contributed by atoms with Crippen LogP contribution >= 0.6 is 0 Å². The Kier molecular flexibility index (Phi) is 7.53. The molecule has 1 aromatic heterocycles. The molecular formula is C26H37N5O2. The van der Waals surface area contributed by atoms with Crippen molar-refractivity contribution in [2.75, 3.05) is 24.7 Å². The summed E-state index contributed by atoms with van der Waals surface area (Å²) in [5.41, 5.74) is 11.5. The second kappa shape index (κ2) is 10.5. The highest BCUT2D eigenvalue weighted by molar-refractivity contribution is 5.80. The lowest BCUT2D eigenvalue weighted by Crippen LogP contribution is -2.38. The van der Waals surface area contributed by atoms with Crippen LogP contribution in [-0.2, 0) is 4.74 Å². The molecule has 1 aliphatic heterocycles. The van der Waals surface area contributed by atoms with Crippen molar-refractivity contribution in [2.24, 2.45) is 10.9 Å². The molecule has 0 radical (unpaired) electrons. The molecule has 5 atom stereocenters. The quantitative estimate of drug-likeness (QED) is 0.223. The Hall–Kier alpha value is -2.61. The second-order valence-corrected chi connectivity index (χ2v) is 9.13. The number of methoxy groups -OCH3 is 1. The minimum Gasteiger partial charge on any atom is -0.399 e. The number of fused-ring (bicyclic) bond motifs is 1. The third kappa shape index (κ3) is 5.16. The van der Waals surface area contributed by atoms with Gasteiger partial charge >= 0.3 is 0 Å². The molecule has 0 saturated carbocycles. The fraction of sp³-hybridized carbons (Fsp3) is 0.500. The van der Waals surface area contributed by atoms with Crippen molar-refractivity contribution in [1.82, 2.24) is 10.3 Å². The number of nitrogens with zero attached hydrogens (tertiary/aromatic N) is 1. The van der Waals surface area contributed by atoms with Gasteiger partial charge in [-0.25, -0.2) is 0 Å². The van der Waals surface area contributed by atoms with Crippen LogP contribution in [0.5, 0.6) is 0 Å². The van der Waals surface area contributed by atoms with Crippen LogP contribution in [0.3, 0.4) is 0 Å². The highest BCUT2D eigenvalue weighted by atomic mass is 16.5. The lowest BCUT2D eigenvalue weighted by Gasteiger charge is -2.27. The molecule has 0 saturated heterocycles. The maximum Gasteiger partial charge on any atom is 0.114 e. The van der Waals surface area contributed by atoms with Crippen molar-refractivity contribution in [3.63, 3.8) is 0 Å². The Labute approximate surface area is 196 Å². The number of aromatic nitrogens is 1. The van der Waals surface area contributed by atoms with Crippen LogP contribution < -0.4 is 16.4 Å². The van der Waals surface area contributed by atoms with Gasteiger partial charge in [-0.2, -0.15) is 0 Å². The number of anilines is 2. The summed E-state index contributed by atoms with van der Waals surface area (Å²) < 4.78 is 5.41. The standard InChI is InChI=1S/C26H37N5O2/c1-4-19(33-3)12-13-28-26(32)18-10-8-17(9-11-18)23-14-21-24(29-15-30-25(21)31-23)20-6-5-7-22(27)16(20)2/h5-8,10,14-15,17-19,24,26,28,31-32H,4,9,11-13,27H2,1-3H3,(H,29,30). The van der Waals surface area contributed by atoms with E-state index in [2.05, 4.69) is 53.7 Å². The zero-order chi connectivity index (χ0) is 23.4. The summed E-state index contributed by atoms with van der Waals surface area (Å²) in [4.78, 5) is 8.27. The van der Waals surface area contributed by atoms with Crippen molar-refractivity contribution in [2.45, 2.75) is 63.8 Å². The van der Waals surface area contributed by atoms with E-state index in [4.69, 9.17) is 15.5 Å². The minimum absolute atomic E-state index is 0.0693. The van der Waals surface area contributed by atoms with Gasteiger partial charge in [0.1, 0.15) is 18.1 Å². The highest BCUT2D eigenvalue weighted by Gasteiger charge is 2.28. The van der Waals surface area contributed by atoms with E-state index in [0.29, 0.717) is 5.92 Å². The zero-order valence-corrected chi connectivity index (χ0v) is 19.8. The summed E-state index contributed by atoms with van der Waals surface area (Å²) in [7, 11) is 1.74. The first-order valence-electron chi connectivity index (χ1n) is 12.0. The van der Waals surface area contributed by atoms with Crippen LogP contribution in [0.4, 0.5) is 11.5 Å². The number of aromatic amines is 1. The fourth-order valence-electron chi connectivity index (χ4n) is 4.90. The molecule has 0 spiro atoms. The maximum atomic E-state index is 10.6. The lowest BCUT2D eigenvalue weighted by molar-refractivity contribution is 0.0660. The van der Waals surface area contributed by atoms with Gasteiger partial charge in [-0.3, -0.25) is 10.3 Å². The van der Waals surface area contributed by atoms with Crippen molar-refractivity contribution >= 4 is 17.8 Å². The van der Waals surface area contributed by atoms with Gasteiger partial charge < -0.3 is 25.9 Å². The predicted octanol–water partition coefficient (Wildman–Crippen LogP) is 4.22. The summed E-state index contributed by atoms with van der Waals surface area (Å²) in [6.45, 7) is 4.92. The van der Waals surface area contributed by atoms with Gasteiger partial charge in [-0.15, -0.1) is 0 Å². The van der Waals surface area contributed by atoms with Crippen LogP contribution in [0.2, 0.25) is 0 Å². The molecule has 7 heteroatoms. The molecule has 0 amide bonds. The Bertz CT molecular complexity index is 995. The van der Waals surface area contributed by atoms with Gasteiger partial charge in [-0.05, 0) is 62.4 Å². The molecule has 2 aromatic rings. The van der Waals surface area contributed by atoms with E-state index < -0.39 is 6.23 Å². The number of ether oxygens (including phenoxy) is 1. The van der Waals surface area contributed by atoms with Crippen LogP contribution in [-0.4, -0.2) is 42.4 Å². The summed E-state index contributed by atoms with van der Waals surface area (Å²) in [6, 6.07) is 8.18. The van der Waals surface area contributed by atoms with Gasteiger partial charge in [-0.1, -0.05) is 31.2 Å². The zero-order valence-electron chi connectivity index (χ0n) is 19.8. The van der Waals surface area contributed by atoms with Crippen molar-refractivity contribution in [3.8, 4) is 0 Å². The Morgan fingerprint density at radius 1 is 1.27 bits per heavy atom. The van der Waals surface area contributed by atoms with E-state index in [0.717, 1.165) is 60.4 Å². The second-order valence-electron chi connectivity index (χ2n) is 9.13. The van der Waals surface area contributed by atoms with Crippen LogP contribution in [0, 0.1) is 12.8 Å². The average Bonchev–Trinajstić information content (AvgIpc) is 3.28. The molecule has 0 bridgehead atoms. The average molecular weight is 452 g/mol. The summed E-state index contributed by atoms with van der Waals surface area (Å²) in [5.74, 6) is 1.41. The number of aliphatic imine (C=N–C) groups is 1. The number of aliphatic hydroxyl groups excluding tert-OH is 1. The molecule has 2 aliphatic rings. The van der Waals surface area contributed by atoms with E-state index in [9.17, 15) is 5.11 Å². The van der Waals surface area contributed by atoms with Crippen LogP contribution in [0.15, 0.2) is 41.4 Å². The number of nitrogens with two attached hydrogens (primary N) is 1. The number of rotatable bonds is 9. The number of nitrogens with one attached hydrogen (secondary N) is 3. The molecule has 0 fully saturated rings. The third-order valence-electron chi connectivity index (χ3n) is 7.12. The van der Waals surface area contributed by atoms with E-state index in [1.165, 1.54) is 5.69 Å². The SMILES string of the molecule is CCC(CCNC(O)C1C=CC(c2cc3c([nH]2)NC=NC3c2cccc(N)c2C)CC1)OC. The Morgan fingerprint density at radius 2 is 2.12 bits per heavy atom. The topological polar surface area (TPSA) is 108 Å². The van der Waals surface area contributed by atoms with E-state index in [1.54, 1.807) is 13.4 Å². The Balaban J connectivity index is 1.42. The first-order chi connectivity index (χ1) is 16.0. The summed E-state index contributed by atoms with van der Waals surface area (Å²) >= 11 is 0. The monoisotopic (exact) mass is 451 g/mol. The van der Waals surface area contributed by atoms with Crippen LogP contribution in [0.1, 0.15) is 67.0 Å². The third-order valence-corrected chi connectivity index (χ3v) is 7.12. The molecule has 1 aromatic carbocycles. The van der Waals surface area contributed by atoms with Gasteiger partial charge in [0.15, 0.2) is 0 Å². The normalized spacial score (nSPS) is 23.7. The number of hydrogen-bond acceptors (Lipinski definition) is 6. The number of H-pyrrole nitrogens is 1. The number of hydrogen-bond donors (Lipinski definition) is 5. The summed E-state index contributed by atoms with van der Waals surface area (Å²) in [6.07, 6.45) is 9.66. The lowest BCUT2D eigenvalue weighted by atomic mass is 9.85. The molecule has 7 nitrogen and oxygen atoms in total. The molecule has 2 heterocycles. The molecular weight excluding hydrogens is 414 g/mol. The molecule has 1 aliphatic carbocycles. The Morgan fingerprint density at radius 3 is 2.85 bits per heavy atom. The number of allylic oxidation sites excluding steroid dienone is 1. The molecule has 6 N–H and O–H groups in total. The largest absolute Gasteiger partial charge is 0.399 e. The predicted molar refractivity (Wildman–Crippen MR) is 135 cm³/mol. The first kappa shape index (κ1) is 23.5. The number of nitrogen functional groups attached to an aromatic ring is 1. The number of aliphatic hydroxyl groups is 1. The van der Waals surface area contributed by atoms with Gasteiger partial charge in [0, 0.05) is 35.9 Å². The van der Waals surface area contributed by atoms with Crippen LogP contribution in [0.25, 0.3) is 0 Å². The smallest absolute Gasteiger partial charge is 0.114 e. The van der Waals surface area contributed by atoms with E-state index in [-0.39, 0.29) is 18.1 Å². The van der Waals surface area contributed by atoms with E-state index in [1.807, 2.05) is 12.1 Å². The molecule has 4 rings (SSSR count). The molecule has 5 unspecified atom stereocenters. The fourth-order valence-corrected chi connectivity index (χ4v) is 4.90.